The number of carbonyl (C=O) groups excluding carboxylic acids is 1. The number of aryl methyl sites for hydroxylation is 1. The van der Waals surface area contributed by atoms with Crippen LogP contribution in [0.15, 0.2) is 60.7 Å². The second-order valence-electron chi connectivity index (χ2n) is 5.66. The Hall–Kier alpha value is -3.08. The van der Waals surface area contributed by atoms with Crippen molar-refractivity contribution in [2.75, 3.05) is 7.05 Å². The summed E-state index contributed by atoms with van der Waals surface area (Å²) >= 11 is 0. The number of nitrogens with zero attached hydrogens (tertiary/aromatic N) is 2. The van der Waals surface area contributed by atoms with E-state index < -0.39 is 0 Å². The van der Waals surface area contributed by atoms with Gasteiger partial charge in [0.2, 0.25) is 0 Å². The molecule has 0 fully saturated rings. The van der Waals surface area contributed by atoms with E-state index in [9.17, 15) is 4.79 Å². The number of rotatable bonds is 5. The third-order valence-corrected chi connectivity index (χ3v) is 3.59. The van der Waals surface area contributed by atoms with E-state index in [2.05, 4.69) is 10.2 Å². The number of nitrogens with one attached hydrogen (secondary N) is 1. The van der Waals surface area contributed by atoms with Gasteiger partial charge in [-0.15, -0.1) is 0 Å². The SMILES string of the molecule is Cc1cc(C(=O)N(C)Cc2ccc(Oc3ccccc3)cc2)n[nH]1. The molecule has 0 saturated heterocycles. The van der Waals surface area contributed by atoms with Gasteiger partial charge >= 0.3 is 0 Å². The summed E-state index contributed by atoms with van der Waals surface area (Å²) in [7, 11) is 1.76. The summed E-state index contributed by atoms with van der Waals surface area (Å²) in [6.07, 6.45) is 0. The van der Waals surface area contributed by atoms with Gasteiger partial charge in [-0.25, -0.2) is 0 Å². The molecule has 0 bridgehead atoms. The Balaban J connectivity index is 1.62. The molecule has 122 valence electrons. The van der Waals surface area contributed by atoms with Gasteiger partial charge in [0.15, 0.2) is 0 Å². The molecule has 0 aliphatic heterocycles. The van der Waals surface area contributed by atoms with Crippen molar-refractivity contribution in [3.05, 3.63) is 77.6 Å². The number of amides is 1. The van der Waals surface area contributed by atoms with Gasteiger partial charge in [-0.2, -0.15) is 5.10 Å². The molecule has 1 heterocycles. The molecular weight excluding hydrogens is 302 g/mol. The first kappa shape index (κ1) is 15.8. The maximum Gasteiger partial charge on any atom is 0.274 e. The van der Waals surface area contributed by atoms with Gasteiger partial charge in [0.25, 0.3) is 5.91 Å². The summed E-state index contributed by atoms with van der Waals surface area (Å²) in [4.78, 5) is 13.9. The maximum atomic E-state index is 12.3. The lowest BCUT2D eigenvalue weighted by Gasteiger charge is -2.16. The average molecular weight is 321 g/mol. The molecule has 0 spiro atoms. The predicted octanol–water partition coefficient (Wildman–Crippen LogP) is 3.78. The molecule has 3 rings (SSSR count). The van der Waals surface area contributed by atoms with Crippen LogP contribution in [-0.2, 0) is 6.54 Å². The van der Waals surface area contributed by atoms with Gasteiger partial charge in [0.1, 0.15) is 17.2 Å². The highest BCUT2D eigenvalue weighted by Gasteiger charge is 2.14. The van der Waals surface area contributed by atoms with E-state index in [1.807, 2.05) is 61.5 Å². The van der Waals surface area contributed by atoms with Crippen molar-refractivity contribution in [3.8, 4) is 11.5 Å². The molecule has 0 saturated carbocycles. The molecule has 2 aromatic carbocycles. The Morgan fingerprint density at radius 1 is 1.08 bits per heavy atom. The molecule has 0 atom stereocenters. The van der Waals surface area contributed by atoms with Crippen LogP contribution in [0.25, 0.3) is 0 Å². The Kier molecular flexibility index (Phi) is 4.61. The van der Waals surface area contributed by atoms with Crippen molar-refractivity contribution in [1.29, 1.82) is 0 Å². The van der Waals surface area contributed by atoms with Crippen molar-refractivity contribution in [1.82, 2.24) is 15.1 Å². The van der Waals surface area contributed by atoms with Crippen molar-refractivity contribution in [3.63, 3.8) is 0 Å². The average Bonchev–Trinajstić information content (AvgIpc) is 3.03. The van der Waals surface area contributed by atoms with Gasteiger partial charge in [0.05, 0.1) is 0 Å². The lowest BCUT2D eigenvalue weighted by molar-refractivity contribution is 0.0779. The third kappa shape index (κ3) is 3.81. The van der Waals surface area contributed by atoms with Crippen LogP contribution in [0, 0.1) is 6.92 Å². The Morgan fingerprint density at radius 2 is 1.75 bits per heavy atom. The molecule has 24 heavy (non-hydrogen) atoms. The lowest BCUT2D eigenvalue weighted by Crippen LogP contribution is -2.26. The van der Waals surface area contributed by atoms with Crippen molar-refractivity contribution < 1.29 is 9.53 Å². The summed E-state index contributed by atoms with van der Waals surface area (Å²) in [6, 6.07) is 19.1. The second kappa shape index (κ2) is 7.00. The van der Waals surface area contributed by atoms with Crippen LogP contribution in [0.4, 0.5) is 0 Å². The molecule has 0 aliphatic carbocycles. The van der Waals surface area contributed by atoms with Crippen LogP contribution in [0.3, 0.4) is 0 Å². The van der Waals surface area contributed by atoms with Gasteiger partial charge < -0.3 is 9.64 Å². The number of benzene rings is 2. The van der Waals surface area contributed by atoms with Crippen LogP contribution >= 0.6 is 0 Å². The van der Waals surface area contributed by atoms with Crippen LogP contribution in [0.5, 0.6) is 11.5 Å². The summed E-state index contributed by atoms with van der Waals surface area (Å²) in [5.41, 5.74) is 2.33. The monoisotopic (exact) mass is 321 g/mol. The molecule has 3 aromatic rings. The molecule has 5 heteroatoms. The molecule has 5 nitrogen and oxygen atoms in total. The highest BCUT2D eigenvalue weighted by atomic mass is 16.5. The van der Waals surface area contributed by atoms with E-state index in [0.717, 1.165) is 22.8 Å². The van der Waals surface area contributed by atoms with Crippen molar-refractivity contribution in [2.24, 2.45) is 0 Å². The molecule has 0 aliphatic rings. The fourth-order valence-corrected chi connectivity index (χ4v) is 2.36. The van der Waals surface area contributed by atoms with E-state index in [0.29, 0.717) is 12.2 Å². The largest absolute Gasteiger partial charge is 0.457 e. The maximum absolute atomic E-state index is 12.3. The second-order valence-corrected chi connectivity index (χ2v) is 5.66. The van der Waals surface area contributed by atoms with Gasteiger partial charge in [0, 0.05) is 19.3 Å². The van der Waals surface area contributed by atoms with Gasteiger partial charge in [-0.05, 0) is 42.8 Å². The minimum atomic E-state index is -0.107. The zero-order valence-electron chi connectivity index (χ0n) is 13.7. The number of hydrogen-bond acceptors (Lipinski definition) is 3. The highest BCUT2D eigenvalue weighted by Crippen LogP contribution is 2.21. The summed E-state index contributed by atoms with van der Waals surface area (Å²) in [6.45, 7) is 2.38. The van der Waals surface area contributed by atoms with E-state index in [1.165, 1.54) is 0 Å². The van der Waals surface area contributed by atoms with E-state index >= 15 is 0 Å². The quantitative estimate of drug-likeness (QED) is 0.778. The van der Waals surface area contributed by atoms with Gasteiger partial charge in [-0.1, -0.05) is 30.3 Å². The molecule has 1 N–H and O–H groups in total. The first-order valence-corrected chi connectivity index (χ1v) is 7.71. The van der Waals surface area contributed by atoms with Crippen molar-refractivity contribution in [2.45, 2.75) is 13.5 Å². The topological polar surface area (TPSA) is 58.2 Å². The van der Waals surface area contributed by atoms with Crippen LogP contribution in [0.1, 0.15) is 21.7 Å². The van der Waals surface area contributed by atoms with Crippen LogP contribution < -0.4 is 4.74 Å². The Bertz CT molecular complexity index is 810. The number of H-pyrrole nitrogens is 1. The number of ether oxygens (including phenoxy) is 1. The van der Waals surface area contributed by atoms with Crippen molar-refractivity contribution >= 4 is 5.91 Å². The number of carbonyl (C=O) groups is 1. The summed E-state index contributed by atoms with van der Waals surface area (Å²) in [5.74, 6) is 1.46. The number of para-hydroxylation sites is 1. The number of hydrogen-bond donors (Lipinski definition) is 1. The molecule has 1 amide bonds. The molecule has 1 aromatic heterocycles. The normalized spacial score (nSPS) is 10.4. The molecule has 0 radical (unpaired) electrons. The van der Waals surface area contributed by atoms with Gasteiger partial charge in [-0.3, -0.25) is 9.89 Å². The Labute approximate surface area is 140 Å². The van der Waals surface area contributed by atoms with Crippen LogP contribution in [0.2, 0.25) is 0 Å². The molecular formula is C19H19N3O2. The minimum Gasteiger partial charge on any atom is -0.457 e. The first-order valence-electron chi connectivity index (χ1n) is 7.71. The third-order valence-electron chi connectivity index (χ3n) is 3.59. The van der Waals surface area contributed by atoms with E-state index in [-0.39, 0.29) is 5.91 Å². The zero-order valence-corrected chi connectivity index (χ0v) is 13.7. The standard InChI is InChI=1S/C19H19N3O2/c1-14-12-18(21-20-14)19(23)22(2)13-15-8-10-17(11-9-15)24-16-6-4-3-5-7-16/h3-12H,13H2,1-2H3,(H,20,21). The minimum absolute atomic E-state index is 0.107. The van der Waals surface area contributed by atoms with E-state index in [1.54, 1.807) is 18.0 Å². The lowest BCUT2D eigenvalue weighted by atomic mass is 10.2. The van der Waals surface area contributed by atoms with E-state index in [4.69, 9.17) is 4.74 Å². The fraction of sp³-hybridized carbons (Fsp3) is 0.158. The smallest absolute Gasteiger partial charge is 0.274 e. The first-order chi connectivity index (χ1) is 11.6. The predicted molar refractivity (Wildman–Crippen MR) is 92.1 cm³/mol. The van der Waals surface area contributed by atoms with Crippen LogP contribution in [-0.4, -0.2) is 28.1 Å². The molecule has 0 unspecified atom stereocenters. The highest BCUT2D eigenvalue weighted by molar-refractivity contribution is 5.92. The number of aromatic nitrogens is 2. The zero-order chi connectivity index (χ0) is 16.9. The summed E-state index contributed by atoms with van der Waals surface area (Å²) in [5, 5.41) is 6.79. The fourth-order valence-electron chi connectivity index (χ4n) is 2.36. The summed E-state index contributed by atoms with van der Waals surface area (Å²) < 4.78 is 5.76. The number of aromatic amines is 1. The Morgan fingerprint density at radius 3 is 2.38 bits per heavy atom.